The minimum atomic E-state index is -4.08. The number of nitrogens with zero attached hydrogens (tertiary/aromatic N) is 2. The zero-order chi connectivity index (χ0) is 13.3. The fourth-order valence-electron chi connectivity index (χ4n) is 2.27. The molecule has 0 radical (unpaired) electrons. The van der Waals surface area contributed by atoms with E-state index in [1.807, 2.05) is 11.8 Å². The lowest BCUT2D eigenvalue weighted by atomic mass is 9.96. The van der Waals surface area contributed by atoms with E-state index < -0.39 is 12.1 Å². The third-order valence-corrected chi connectivity index (χ3v) is 3.29. The van der Waals surface area contributed by atoms with Crippen LogP contribution >= 0.6 is 0 Å². The van der Waals surface area contributed by atoms with E-state index in [-0.39, 0.29) is 12.8 Å². The quantitative estimate of drug-likeness (QED) is 0.843. The van der Waals surface area contributed by atoms with Gasteiger partial charge in [-0.2, -0.15) is 13.2 Å². The Morgan fingerprint density at radius 2 is 1.94 bits per heavy atom. The van der Waals surface area contributed by atoms with Gasteiger partial charge in [0.2, 0.25) is 0 Å². The lowest BCUT2D eigenvalue weighted by Crippen LogP contribution is -2.39. The van der Waals surface area contributed by atoms with Crippen LogP contribution in [0, 0.1) is 12.8 Å². The van der Waals surface area contributed by atoms with Crippen molar-refractivity contribution >= 4 is 11.5 Å². The number of piperidine rings is 1. The number of aryl methyl sites for hydroxylation is 1. The van der Waals surface area contributed by atoms with E-state index in [4.69, 9.17) is 5.73 Å². The predicted molar refractivity (Wildman–Crippen MR) is 64.4 cm³/mol. The summed E-state index contributed by atoms with van der Waals surface area (Å²) in [6.07, 6.45) is -2.18. The maximum Gasteiger partial charge on any atom is 0.391 e. The number of pyridine rings is 1. The van der Waals surface area contributed by atoms with Gasteiger partial charge in [-0.1, -0.05) is 0 Å². The maximum absolute atomic E-state index is 12.5. The molecule has 3 nitrogen and oxygen atoms in total. The molecular weight excluding hydrogens is 243 g/mol. The molecule has 1 aromatic rings. The molecule has 0 unspecified atom stereocenters. The minimum absolute atomic E-state index is 0.110. The van der Waals surface area contributed by atoms with Crippen molar-refractivity contribution in [2.75, 3.05) is 23.7 Å². The topological polar surface area (TPSA) is 42.2 Å². The van der Waals surface area contributed by atoms with Crippen molar-refractivity contribution in [3.63, 3.8) is 0 Å². The van der Waals surface area contributed by atoms with Crippen molar-refractivity contribution in [1.82, 2.24) is 4.98 Å². The number of alkyl halides is 3. The monoisotopic (exact) mass is 259 g/mol. The number of nitrogen functional groups attached to an aromatic ring is 1. The molecule has 0 aliphatic carbocycles. The first-order valence-electron chi connectivity index (χ1n) is 5.91. The van der Waals surface area contributed by atoms with Gasteiger partial charge in [0.15, 0.2) is 5.82 Å². The van der Waals surface area contributed by atoms with Crippen LogP contribution in [0.1, 0.15) is 18.4 Å². The summed E-state index contributed by atoms with van der Waals surface area (Å²) in [7, 11) is 0. The van der Waals surface area contributed by atoms with E-state index in [0.717, 1.165) is 5.56 Å². The summed E-state index contributed by atoms with van der Waals surface area (Å²) in [5.74, 6) is -0.596. The maximum atomic E-state index is 12.5. The lowest BCUT2D eigenvalue weighted by molar-refractivity contribution is -0.179. The van der Waals surface area contributed by atoms with Crippen LogP contribution in [0.25, 0.3) is 0 Å². The van der Waals surface area contributed by atoms with Crippen LogP contribution in [0.4, 0.5) is 24.7 Å². The minimum Gasteiger partial charge on any atom is -0.396 e. The second-order valence-corrected chi connectivity index (χ2v) is 4.73. The number of rotatable bonds is 1. The Morgan fingerprint density at radius 3 is 2.44 bits per heavy atom. The molecule has 6 heteroatoms. The predicted octanol–water partition coefficient (Wildman–Crippen LogP) is 2.75. The van der Waals surface area contributed by atoms with Crippen molar-refractivity contribution in [2.45, 2.75) is 25.9 Å². The zero-order valence-electron chi connectivity index (χ0n) is 10.2. The molecule has 2 heterocycles. The first kappa shape index (κ1) is 13.0. The highest BCUT2D eigenvalue weighted by Crippen LogP contribution is 2.35. The van der Waals surface area contributed by atoms with Gasteiger partial charge in [-0.25, -0.2) is 4.98 Å². The summed E-state index contributed by atoms with van der Waals surface area (Å²) in [4.78, 5) is 6.04. The molecule has 1 aromatic heterocycles. The molecular formula is C12H16F3N3. The third-order valence-electron chi connectivity index (χ3n) is 3.29. The standard InChI is InChI=1S/C12H16F3N3/c1-8-6-10(16)11(17-7-8)18-4-2-9(3-5-18)12(13,14)15/h6-7,9H,2-5,16H2,1H3. The van der Waals surface area contributed by atoms with Crippen LogP contribution in [0.2, 0.25) is 0 Å². The fourth-order valence-corrected chi connectivity index (χ4v) is 2.27. The van der Waals surface area contributed by atoms with E-state index in [0.29, 0.717) is 24.6 Å². The number of nitrogens with two attached hydrogens (primary N) is 1. The number of hydrogen-bond acceptors (Lipinski definition) is 3. The average molecular weight is 259 g/mol. The summed E-state index contributed by atoms with van der Waals surface area (Å²) < 4.78 is 37.6. The molecule has 2 rings (SSSR count). The first-order chi connectivity index (χ1) is 8.38. The molecule has 0 atom stereocenters. The number of aromatic nitrogens is 1. The van der Waals surface area contributed by atoms with Gasteiger partial charge in [-0.15, -0.1) is 0 Å². The van der Waals surface area contributed by atoms with Crippen molar-refractivity contribution in [3.05, 3.63) is 17.8 Å². The molecule has 1 saturated heterocycles. The molecule has 1 aliphatic rings. The highest BCUT2D eigenvalue weighted by atomic mass is 19.4. The summed E-state index contributed by atoms with van der Waals surface area (Å²) >= 11 is 0. The highest BCUT2D eigenvalue weighted by molar-refractivity contribution is 5.63. The van der Waals surface area contributed by atoms with Gasteiger partial charge in [0.1, 0.15) is 0 Å². The second-order valence-electron chi connectivity index (χ2n) is 4.73. The summed E-state index contributed by atoms with van der Waals surface area (Å²) in [5, 5.41) is 0. The Hall–Kier alpha value is -1.46. The van der Waals surface area contributed by atoms with Crippen LogP contribution in [0.3, 0.4) is 0 Å². The number of anilines is 2. The molecule has 0 bridgehead atoms. The van der Waals surface area contributed by atoms with Gasteiger partial charge in [0, 0.05) is 19.3 Å². The summed E-state index contributed by atoms with van der Waals surface area (Å²) in [6, 6.07) is 1.79. The van der Waals surface area contributed by atoms with Gasteiger partial charge < -0.3 is 10.6 Å². The van der Waals surface area contributed by atoms with Crippen molar-refractivity contribution in [1.29, 1.82) is 0 Å². The van der Waals surface area contributed by atoms with E-state index in [9.17, 15) is 13.2 Å². The van der Waals surface area contributed by atoms with Crippen molar-refractivity contribution < 1.29 is 13.2 Å². The van der Waals surface area contributed by atoms with Crippen LogP contribution in [-0.4, -0.2) is 24.2 Å². The summed E-state index contributed by atoms with van der Waals surface area (Å²) in [5.41, 5.74) is 7.32. The van der Waals surface area contributed by atoms with Gasteiger partial charge in [0.05, 0.1) is 11.6 Å². The highest BCUT2D eigenvalue weighted by Gasteiger charge is 2.41. The molecule has 0 saturated carbocycles. The Bertz CT molecular complexity index is 423. The van der Waals surface area contributed by atoms with Gasteiger partial charge in [-0.05, 0) is 31.4 Å². The number of hydrogen-bond donors (Lipinski definition) is 1. The molecule has 0 aromatic carbocycles. The molecule has 100 valence electrons. The van der Waals surface area contributed by atoms with Crippen LogP contribution in [0.15, 0.2) is 12.3 Å². The molecule has 1 aliphatic heterocycles. The summed E-state index contributed by atoms with van der Waals surface area (Å²) in [6.45, 7) is 2.58. The average Bonchev–Trinajstić information content (AvgIpc) is 2.28. The Balaban J connectivity index is 2.06. The smallest absolute Gasteiger partial charge is 0.391 e. The molecule has 2 N–H and O–H groups in total. The Kier molecular flexibility index (Phi) is 3.36. The van der Waals surface area contributed by atoms with Crippen molar-refractivity contribution in [3.8, 4) is 0 Å². The molecule has 1 fully saturated rings. The Morgan fingerprint density at radius 1 is 1.33 bits per heavy atom. The zero-order valence-corrected chi connectivity index (χ0v) is 10.2. The normalized spacial score (nSPS) is 18.1. The fraction of sp³-hybridized carbons (Fsp3) is 0.583. The van der Waals surface area contributed by atoms with E-state index in [1.165, 1.54) is 0 Å². The molecule has 18 heavy (non-hydrogen) atoms. The third kappa shape index (κ3) is 2.68. The molecule has 0 spiro atoms. The SMILES string of the molecule is Cc1cnc(N2CCC(C(F)(F)F)CC2)c(N)c1. The van der Waals surface area contributed by atoms with Gasteiger partial charge in [-0.3, -0.25) is 0 Å². The first-order valence-corrected chi connectivity index (χ1v) is 5.91. The van der Waals surface area contributed by atoms with E-state index in [2.05, 4.69) is 4.98 Å². The van der Waals surface area contributed by atoms with Crippen LogP contribution in [0.5, 0.6) is 0 Å². The largest absolute Gasteiger partial charge is 0.396 e. The van der Waals surface area contributed by atoms with Crippen LogP contribution < -0.4 is 10.6 Å². The Labute approximate surface area is 104 Å². The van der Waals surface area contributed by atoms with Crippen molar-refractivity contribution in [2.24, 2.45) is 5.92 Å². The second kappa shape index (κ2) is 4.66. The number of halogens is 3. The van der Waals surface area contributed by atoms with E-state index >= 15 is 0 Å². The van der Waals surface area contributed by atoms with Gasteiger partial charge in [0.25, 0.3) is 0 Å². The molecule has 0 amide bonds. The van der Waals surface area contributed by atoms with Crippen LogP contribution in [-0.2, 0) is 0 Å². The van der Waals surface area contributed by atoms with E-state index in [1.54, 1.807) is 12.3 Å². The van der Waals surface area contributed by atoms with Gasteiger partial charge >= 0.3 is 6.18 Å². The lowest BCUT2D eigenvalue weighted by Gasteiger charge is -2.34.